The van der Waals surface area contributed by atoms with Gasteiger partial charge in [0.15, 0.2) is 0 Å². The van der Waals surface area contributed by atoms with E-state index >= 15 is 0 Å². The second-order valence-electron chi connectivity index (χ2n) is 5.56. The van der Waals surface area contributed by atoms with Crippen LogP contribution < -0.4 is 4.74 Å². The molecule has 4 nitrogen and oxygen atoms in total. The van der Waals surface area contributed by atoms with Crippen molar-refractivity contribution in [3.63, 3.8) is 0 Å². The molecule has 0 atom stereocenters. The lowest BCUT2D eigenvalue weighted by atomic mass is 10.0. The number of benzene rings is 2. The molecule has 1 heterocycles. The Labute approximate surface area is 162 Å². The summed E-state index contributed by atoms with van der Waals surface area (Å²) in [4.78, 5) is 3.94. The van der Waals surface area contributed by atoms with E-state index in [1.165, 1.54) is 13.2 Å². The highest BCUT2D eigenvalue weighted by Crippen LogP contribution is 2.39. The summed E-state index contributed by atoms with van der Waals surface area (Å²) in [5, 5.41) is 3.52. The molecular weight excluding hydrogens is 458 g/mol. The van der Waals surface area contributed by atoms with Gasteiger partial charge < -0.3 is 9.26 Å². The number of halogens is 7. The SMILES string of the molecule is COc1ccc(Br)c(-c2nc(-c3cc(C(F)(F)F)cc(C(F)(F)F)c3)no2)c1. The molecule has 0 radical (unpaired) electrons. The average molecular weight is 467 g/mol. The largest absolute Gasteiger partial charge is 0.497 e. The molecule has 0 aliphatic heterocycles. The average Bonchev–Trinajstić information content (AvgIpc) is 3.10. The highest BCUT2D eigenvalue weighted by Gasteiger charge is 2.37. The first kappa shape index (κ1) is 20.2. The molecule has 0 unspecified atom stereocenters. The summed E-state index contributed by atoms with van der Waals surface area (Å²) in [7, 11) is 1.42. The molecule has 28 heavy (non-hydrogen) atoms. The van der Waals surface area contributed by atoms with Gasteiger partial charge in [0, 0.05) is 10.0 Å². The third-order valence-corrected chi connectivity index (χ3v) is 4.37. The standard InChI is InChI=1S/C17H9BrF6N2O2/c1-27-11-2-3-13(18)12(7-11)15-25-14(26-28-15)8-4-9(16(19,20)21)6-10(5-8)17(22,23)24/h2-7H,1H3. The fourth-order valence-electron chi connectivity index (χ4n) is 2.33. The molecule has 11 heteroatoms. The van der Waals surface area contributed by atoms with Crippen LogP contribution in [0.4, 0.5) is 26.3 Å². The van der Waals surface area contributed by atoms with Gasteiger partial charge in [-0.25, -0.2) is 0 Å². The van der Waals surface area contributed by atoms with Crippen LogP contribution in [0.25, 0.3) is 22.8 Å². The maximum Gasteiger partial charge on any atom is 0.416 e. The molecule has 3 rings (SSSR count). The molecule has 3 aromatic rings. The van der Waals surface area contributed by atoms with E-state index in [0.29, 0.717) is 27.9 Å². The molecule has 1 aromatic heterocycles. The van der Waals surface area contributed by atoms with Crippen molar-refractivity contribution in [2.75, 3.05) is 7.11 Å². The van der Waals surface area contributed by atoms with Gasteiger partial charge in [-0.1, -0.05) is 5.16 Å². The van der Waals surface area contributed by atoms with E-state index in [4.69, 9.17) is 9.26 Å². The first-order valence-corrected chi connectivity index (χ1v) is 8.26. The van der Waals surface area contributed by atoms with Crippen LogP contribution in [0.5, 0.6) is 5.75 Å². The minimum atomic E-state index is -4.97. The third-order valence-electron chi connectivity index (χ3n) is 3.68. The zero-order chi connectivity index (χ0) is 20.7. The van der Waals surface area contributed by atoms with Gasteiger partial charge in [-0.2, -0.15) is 31.3 Å². The van der Waals surface area contributed by atoms with Crippen molar-refractivity contribution in [2.24, 2.45) is 0 Å². The lowest BCUT2D eigenvalue weighted by Gasteiger charge is -2.12. The second-order valence-corrected chi connectivity index (χ2v) is 6.42. The van der Waals surface area contributed by atoms with Crippen molar-refractivity contribution in [3.8, 4) is 28.6 Å². The summed E-state index contributed by atoms with van der Waals surface area (Å²) in [5.74, 6) is -0.0792. The molecule has 0 spiro atoms. The normalized spacial score (nSPS) is 12.3. The Hall–Kier alpha value is -2.56. The van der Waals surface area contributed by atoms with Crippen LogP contribution in [-0.2, 0) is 12.4 Å². The number of rotatable bonds is 3. The van der Waals surface area contributed by atoms with Crippen molar-refractivity contribution in [1.82, 2.24) is 10.1 Å². The predicted molar refractivity (Wildman–Crippen MR) is 89.4 cm³/mol. The fraction of sp³-hybridized carbons (Fsp3) is 0.176. The molecular formula is C17H9BrF6N2O2. The van der Waals surface area contributed by atoms with Crippen LogP contribution in [0.1, 0.15) is 11.1 Å². The summed E-state index contributed by atoms with van der Waals surface area (Å²) in [6.45, 7) is 0. The first-order chi connectivity index (χ1) is 13.0. The Balaban J connectivity index is 2.11. The number of nitrogens with zero attached hydrogens (tertiary/aromatic N) is 2. The molecule has 0 bridgehead atoms. The summed E-state index contributed by atoms with van der Waals surface area (Å²) >= 11 is 3.26. The Morgan fingerprint density at radius 2 is 1.54 bits per heavy atom. The molecule has 0 saturated carbocycles. The van der Waals surface area contributed by atoms with Gasteiger partial charge in [0.2, 0.25) is 5.82 Å². The van der Waals surface area contributed by atoms with Crippen LogP contribution in [0, 0.1) is 0 Å². The lowest BCUT2D eigenvalue weighted by Crippen LogP contribution is -2.11. The molecule has 0 aliphatic carbocycles. The van der Waals surface area contributed by atoms with Gasteiger partial charge in [-0.3, -0.25) is 0 Å². The molecule has 0 aliphatic rings. The van der Waals surface area contributed by atoms with Gasteiger partial charge in [-0.15, -0.1) is 0 Å². The molecule has 0 N–H and O–H groups in total. The van der Waals surface area contributed by atoms with E-state index in [1.54, 1.807) is 12.1 Å². The minimum Gasteiger partial charge on any atom is -0.497 e. The monoisotopic (exact) mass is 466 g/mol. The summed E-state index contributed by atoms with van der Waals surface area (Å²) < 4.78 is 88.7. The van der Waals surface area contributed by atoms with Crippen molar-refractivity contribution in [2.45, 2.75) is 12.4 Å². The number of hydrogen-bond acceptors (Lipinski definition) is 4. The van der Waals surface area contributed by atoms with E-state index in [2.05, 4.69) is 26.1 Å². The number of ether oxygens (including phenoxy) is 1. The van der Waals surface area contributed by atoms with Gasteiger partial charge in [-0.05, 0) is 52.3 Å². The summed E-state index contributed by atoms with van der Waals surface area (Å²) in [5.41, 5.74) is -3.05. The number of methoxy groups -OCH3 is 1. The maximum absolute atomic E-state index is 13.0. The van der Waals surface area contributed by atoms with E-state index in [-0.39, 0.29) is 12.0 Å². The zero-order valence-electron chi connectivity index (χ0n) is 13.8. The van der Waals surface area contributed by atoms with Gasteiger partial charge >= 0.3 is 12.4 Å². The zero-order valence-corrected chi connectivity index (χ0v) is 15.4. The highest BCUT2D eigenvalue weighted by atomic mass is 79.9. The van der Waals surface area contributed by atoms with Gasteiger partial charge in [0.25, 0.3) is 5.89 Å². The number of alkyl halides is 6. The van der Waals surface area contributed by atoms with Crippen molar-refractivity contribution in [3.05, 3.63) is 52.0 Å². The van der Waals surface area contributed by atoms with Crippen LogP contribution in [-0.4, -0.2) is 17.3 Å². The van der Waals surface area contributed by atoms with Gasteiger partial charge in [0.05, 0.1) is 23.8 Å². The van der Waals surface area contributed by atoms with E-state index in [9.17, 15) is 26.3 Å². The second kappa shape index (κ2) is 7.12. The van der Waals surface area contributed by atoms with Crippen LogP contribution >= 0.6 is 15.9 Å². The quantitative estimate of drug-likeness (QED) is 0.430. The maximum atomic E-state index is 13.0. The molecule has 0 fully saturated rings. The van der Waals surface area contributed by atoms with Crippen LogP contribution in [0.15, 0.2) is 45.4 Å². The molecule has 2 aromatic carbocycles. The number of hydrogen-bond donors (Lipinski definition) is 0. The Morgan fingerprint density at radius 3 is 2.07 bits per heavy atom. The van der Waals surface area contributed by atoms with Crippen LogP contribution in [0.3, 0.4) is 0 Å². The van der Waals surface area contributed by atoms with Crippen molar-refractivity contribution >= 4 is 15.9 Å². The summed E-state index contributed by atoms with van der Waals surface area (Å²) in [6.07, 6.45) is -9.95. The highest BCUT2D eigenvalue weighted by molar-refractivity contribution is 9.10. The lowest BCUT2D eigenvalue weighted by molar-refractivity contribution is -0.143. The first-order valence-electron chi connectivity index (χ1n) is 7.46. The van der Waals surface area contributed by atoms with Gasteiger partial charge in [0.1, 0.15) is 5.75 Å². The van der Waals surface area contributed by atoms with E-state index < -0.39 is 34.9 Å². The van der Waals surface area contributed by atoms with Crippen molar-refractivity contribution in [1.29, 1.82) is 0 Å². The molecule has 0 saturated heterocycles. The smallest absolute Gasteiger partial charge is 0.416 e. The van der Waals surface area contributed by atoms with Crippen LogP contribution in [0.2, 0.25) is 0 Å². The Morgan fingerprint density at radius 1 is 0.929 bits per heavy atom. The van der Waals surface area contributed by atoms with E-state index in [0.717, 1.165) is 0 Å². The number of aromatic nitrogens is 2. The van der Waals surface area contributed by atoms with Crippen molar-refractivity contribution < 1.29 is 35.6 Å². The summed E-state index contributed by atoms with van der Waals surface area (Å²) in [6, 6.07) is 5.87. The molecule has 0 amide bonds. The Bertz CT molecular complexity index is 981. The topological polar surface area (TPSA) is 48.2 Å². The fourth-order valence-corrected chi connectivity index (χ4v) is 2.75. The third kappa shape index (κ3) is 4.13. The molecule has 148 valence electrons. The Kier molecular flexibility index (Phi) is 5.13. The predicted octanol–water partition coefficient (Wildman–Crippen LogP) is 6.21. The minimum absolute atomic E-state index is 0.0309. The van der Waals surface area contributed by atoms with E-state index in [1.807, 2.05) is 0 Å².